The molecule has 2 heterocycles. The minimum atomic E-state index is 0.696. The molecule has 100 valence electrons. The molecule has 5 nitrogen and oxygen atoms in total. The normalized spacial score (nSPS) is 19.6. The van der Waals surface area contributed by atoms with E-state index < -0.39 is 0 Å². The summed E-state index contributed by atoms with van der Waals surface area (Å²) in [6.45, 7) is 4.82. The summed E-state index contributed by atoms with van der Waals surface area (Å²) < 4.78 is 0. The number of aryl methyl sites for hydroxylation is 1. The second kappa shape index (κ2) is 6.24. The summed E-state index contributed by atoms with van der Waals surface area (Å²) in [4.78, 5) is 8.69. The van der Waals surface area contributed by atoms with Gasteiger partial charge in [0.15, 0.2) is 0 Å². The third-order valence-electron chi connectivity index (χ3n) is 3.17. The van der Waals surface area contributed by atoms with Crippen LogP contribution in [0.5, 0.6) is 0 Å². The number of rotatable bonds is 4. The Morgan fingerprint density at radius 1 is 1.28 bits per heavy atom. The van der Waals surface area contributed by atoms with Crippen molar-refractivity contribution < 1.29 is 0 Å². The third kappa shape index (κ3) is 3.26. The van der Waals surface area contributed by atoms with E-state index in [4.69, 9.17) is 5.84 Å². The molecule has 1 atom stereocenters. The predicted molar refractivity (Wildman–Crippen MR) is 77.9 cm³/mol. The molecule has 1 fully saturated rings. The maximum atomic E-state index is 5.46. The molecule has 4 N–H and O–H groups in total. The van der Waals surface area contributed by atoms with Crippen LogP contribution in [0.3, 0.4) is 0 Å². The van der Waals surface area contributed by atoms with E-state index in [0.29, 0.717) is 11.1 Å². The van der Waals surface area contributed by atoms with Crippen LogP contribution in [0.15, 0.2) is 0 Å². The van der Waals surface area contributed by atoms with Gasteiger partial charge in [-0.05, 0) is 32.4 Å². The van der Waals surface area contributed by atoms with E-state index in [0.717, 1.165) is 23.8 Å². The third-order valence-corrected chi connectivity index (χ3v) is 4.56. The van der Waals surface area contributed by atoms with E-state index in [1.165, 1.54) is 25.0 Å². The number of hydrogen-bond donors (Lipinski definition) is 3. The standard InChI is InChI=1S/C12H21N5S/c1-8-11(15-9(2)16-12(8)17-13)14-7-10-5-3-4-6-18-10/h10H,3-7,13H2,1-2H3,(H2,14,15,16,17). The van der Waals surface area contributed by atoms with Gasteiger partial charge in [-0.1, -0.05) is 6.42 Å². The van der Waals surface area contributed by atoms with Crippen molar-refractivity contribution in [2.24, 2.45) is 5.84 Å². The van der Waals surface area contributed by atoms with E-state index in [-0.39, 0.29) is 0 Å². The van der Waals surface area contributed by atoms with Crippen molar-refractivity contribution in [3.63, 3.8) is 0 Å². The van der Waals surface area contributed by atoms with E-state index in [1.54, 1.807) is 0 Å². The molecule has 18 heavy (non-hydrogen) atoms. The number of nitrogens with two attached hydrogens (primary N) is 1. The number of anilines is 2. The van der Waals surface area contributed by atoms with Gasteiger partial charge >= 0.3 is 0 Å². The highest BCUT2D eigenvalue weighted by Crippen LogP contribution is 2.26. The van der Waals surface area contributed by atoms with Gasteiger partial charge in [0.25, 0.3) is 0 Å². The maximum absolute atomic E-state index is 5.46. The Morgan fingerprint density at radius 3 is 2.72 bits per heavy atom. The van der Waals surface area contributed by atoms with Crippen LogP contribution in [0.25, 0.3) is 0 Å². The fraction of sp³-hybridized carbons (Fsp3) is 0.667. The van der Waals surface area contributed by atoms with Crippen molar-refractivity contribution in [1.82, 2.24) is 9.97 Å². The van der Waals surface area contributed by atoms with Crippen molar-refractivity contribution in [1.29, 1.82) is 0 Å². The van der Waals surface area contributed by atoms with Crippen LogP contribution in [0, 0.1) is 13.8 Å². The number of aromatic nitrogens is 2. The summed E-state index contributed by atoms with van der Waals surface area (Å²) in [5, 5.41) is 4.13. The number of thioether (sulfide) groups is 1. The molecule has 1 aromatic rings. The van der Waals surface area contributed by atoms with Crippen LogP contribution in [0.2, 0.25) is 0 Å². The van der Waals surface area contributed by atoms with E-state index in [2.05, 4.69) is 32.5 Å². The first-order chi connectivity index (χ1) is 8.70. The van der Waals surface area contributed by atoms with Gasteiger partial charge in [0.05, 0.1) is 0 Å². The van der Waals surface area contributed by atoms with E-state index >= 15 is 0 Å². The molecule has 1 saturated heterocycles. The van der Waals surface area contributed by atoms with Crippen LogP contribution in [0.4, 0.5) is 11.6 Å². The van der Waals surface area contributed by atoms with Crippen molar-refractivity contribution in [2.45, 2.75) is 38.4 Å². The summed E-state index contributed by atoms with van der Waals surface area (Å²) in [6.07, 6.45) is 3.99. The van der Waals surface area contributed by atoms with Gasteiger partial charge in [-0.3, -0.25) is 0 Å². The molecule has 0 radical (unpaired) electrons. The molecular weight excluding hydrogens is 246 g/mol. The Bertz CT molecular complexity index is 404. The highest BCUT2D eigenvalue weighted by molar-refractivity contribution is 7.99. The zero-order chi connectivity index (χ0) is 13.0. The van der Waals surface area contributed by atoms with Gasteiger partial charge in [0.1, 0.15) is 17.5 Å². The molecule has 1 aromatic heterocycles. The van der Waals surface area contributed by atoms with Crippen molar-refractivity contribution in [3.05, 3.63) is 11.4 Å². The van der Waals surface area contributed by atoms with Gasteiger partial charge in [0.2, 0.25) is 0 Å². The SMILES string of the molecule is Cc1nc(NN)c(C)c(NCC2CCCCS2)n1. The highest BCUT2D eigenvalue weighted by atomic mass is 32.2. The zero-order valence-electron chi connectivity index (χ0n) is 11.0. The second-order valence-electron chi connectivity index (χ2n) is 4.61. The first-order valence-electron chi connectivity index (χ1n) is 6.38. The Labute approximate surface area is 112 Å². The fourth-order valence-corrected chi connectivity index (χ4v) is 3.36. The molecule has 1 unspecified atom stereocenters. The molecule has 0 aromatic carbocycles. The lowest BCUT2D eigenvalue weighted by molar-refractivity contribution is 0.676. The topological polar surface area (TPSA) is 75.9 Å². The van der Waals surface area contributed by atoms with Crippen LogP contribution < -0.4 is 16.6 Å². The van der Waals surface area contributed by atoms with Crippen molar-refractivity contribution >= 4 is 23.4 Å². The monoisotopic (exact) mass is 267 g/mol. The number of nitrogen functional groups attached to an aromatic ring is 1. The second-order valence-corrected chi connectivity index (χ2v) is 6.02. The van der Waals surface area contributed by atoms with Crippen molar-refractivity contribution in [2.75, 3.05) is 23.0 Å². The van der Waals surface area contributed by atoms with Gasteiger partial charge in [-0.25, -0.2) is 15.8 Å². The number of hydrogen-bond acceptors (Lipinski definition) is 6. The van der Waals surface area contributed by atoms with Gasteiger partial charge in [-0.2, -0.15) is 11.8 Å². The van der Waals surface area contributed by atoms with E-state index in [9.17, 15) is 0 Å². The molecular formula is C12H21N5S. The van der Waals surface area contributed by atoms with Gasteiger partial charge in [-0.15, -0.1) is 0 Å². The lowest BCUT2D eigenvalue weighted by Gasteiger charge is -2.22. The average molecular weight is 267 g/mol. The minimum absolute atomic E-state index is 0.696. The number of nitrogens with zero attached hydrogens (tertiary/aromatic N) is 2. The van der Waals surface area contributed by atoms with Crippen LogP contribution in [-0.4, -0.2) is 27.5 Å². The summed E-state index contributed by atoms with van der Waals surface area (Å²) in [7, 11) is 0. The molecule has 2 rings (SSSR count). The lowest BCUT2D eigenvalue weighted by Crippen LogP contribution is -2.22. The largest absolute Gasteiger partial charge is 0.369 e. The van der Waals surface area contributed by atoms with Crippen LogP contribution >= 0.6 is 11.8 Å². The lowest BCUT2D eigenvalue weighted by atomic mass is 10.2. The Balaban J connectivity index is 2.01. The van der Waals surface area contributed by atoms with Gasteiger partial charge < -0.3 is 10.7 Å². The molecule has 0 spiro atoms. The maximum Gasteiger partial charge on any atom is 0.148 e. The van der Waals surface area contributed by atoms with Crippen LogP contribution in [0.1, 0.15) is 30.7 Å². The molecule has 6 heteroatoms. The summed E-state index contributed by atoms with van der Waals surface area (Å²) in [5.41, 5.74) is 3.59. The molecule has 1 aliphatic heterocycles. The summed E-state index contributed by atoms with van der Waals surface area (Å²) in [6, 6.07) is 0. The highest BCUT2D eigenvalue weighted by Gasteiger charge is 2.15. The Morgan fingerprint density at radius 2 is 2.06 bits per heavy atom. The summed E-state index contributed by atoms with van der Waals surface area (Å²) in [5.74, 6) is 9.05. The molecule has 0 amide bonds. The zero-order valence-corrected chi connectivity index (χ0v) is 11.8. The molecule has 0 bridgehead atoms. The first kappa shape index (κ1) is 13.4. The smallest absolute Gasteiger partial charge is 0.148 e. The minimum Gasteiger partial charge on any atom is -0.369 e. The Hall–Kier alpha value is -1.01. The fourth-order valence-electron chi connectivity index (χ4n) is 2.12. The molecule has 0 saturated carbocycles. The number of hydrazine groups is 1. The first-order valence-corrected chi connectivity index (χ1v) is 7.43. The van der Waals surface area contributed by atoms with Crippen LogP contribution in [-0.2, 0) is 0 Å². The molecule has 0 aliphatic carbocycles. The Kier molecular flexibility index (Phi) is 4.66. The number of nitrogens with one attached hydrogen (secondary N) is 2. The van der Waals surface area contributed by atoms with Gasteiger partial charge in [0, 0.05) is 17.4 Å². The average Bonchev–Trinajstić information content (AvgIpc) is 2.40. The quantitative estimate of drug-likeness (QED) is 0.573. The van der Waals surface area contributed by atoms with E-state index in [1.807, 2.05) is 13.8 Å². The predicted octanol–water partition coefficient (Wildman–Crippen LogP) is 2.08. The molecule has 1 aliphatic rings. The van der Waals surface area contributed by atoms with Crippen molar-refractivity contribution in [3.8, 4) is 0 Å². The summed E-state index contributed by atoms with van der Waals surface area (Å²) >= 11 is 2.06.